The molecule has 12 nitrogen and oxygen atoms in total. The Morgan fingerprint density at radius 1 is 0.636 bits per heavy atom. The number of hydrogen-bond acceptors (Lipinski definition) is 7. The molecule has 6 aromatic rings. The molecule has 0 radical (unpaired) electrons. The molecule has 0 fully saturated rings. The molecule has 0 amide bonds. The lowest BCUT2D eigenvalue weighted by molar-refractivity contribution is -0.139. The number of aromatic hydroxyl groups is 2. The van der Waals surface area contributed by atoms with Gasteiger partial charge in [0.15, 0.2) is 0 Å². The number of phenolic OH excluding ortho intramolecular Hbond substituents is 2. The van der Waals surface area contributed by atoms with Crippen LogP contribution in [0.4, 0.5) is 0 Å². The normalized spacial score (nSPS) is 12.2. The topological polar surface area (TPSA) is 240 Å². The van der Waals surface area contributed by atoms with Crippen LogP contribution < -0.4 is 17.2 Å². The van der Waals surface area contributed by atoms with Crippen LogP contribution in [-0.2, 0) is 28.9 Å². The first-order chi connectivity index (χ1) is 21.1. The molecule has 0 spiro atoms. The van der Waals surface area contributed by atoms with Gasteiger partial charge in [-0.1, -0.05) is 18.2 Å². The Kier molecular flexibility index (Phi) is 10.2. The lowest BCUT2D eigenvalue weighted by Crippen LogP contribution is -2.32. The standard InChI is InChI=1S/C11H12N2O3.C11H12N2O2.C10H12N2O/c12-9(11(15)16)3-6-5-13-10-2-1-7(14)4-8(6)10;12-9(11(14)15)5-7-6-13-10-4-2-1-3-8(7)10;11-4-3-7-6-12-10-2-1-8(13)5-9(7)10/h1-2,4-5,9,13-14H,3,12H2,(H,15,16);1-4,6,9,13H,5,12H2,(H,14,15);1-2,5-6,12-13H,3-4,11H2. The zero-order chi connectivity index (χ0) is 31.8. The molecule has 0 saturated heterocycles. The number of phenols is 2. The number of hydrogen-bond donors (Lipinski definition) is 10. The van der Waals surface area contributed by atoms with E-state index in [1.807, 2.05) is 42.7 Å². The Balaban J connectivity index is 0.000000151. The first-order valence-electron chi connectivity index (χ1n) is 13.9. The van der Waals surface area contributed by atoms with E-state index in [-0.39, 0.29) is 12.2 Å². The van der Waals surface area contributed by atoms with Crippen molar-refractivity contribution in [2.24, 2.45) is 17.2 Å². The van der Waals surface area contributed by atoms with Gasteiger partial charge >= 0.3 is 11.9 Å². The second-order valence-electron chi connectivity index (χ2n) is 10.3. The SMILES string of the molecule is NC(Cc1c[nH]c2ccc(O)cc12)C(=O)O.NC(Cc1c[nH]c2ccccc12)C(=O)O.NCCc1c[nH]c2ccc(O)cc12. The summed E-state index contributed by atoms with van der Waals surface area (Å²) < 4.78 is 0. The van der Waals surface area contributed by atoms with Crippen molar-refractivity contribution >= 4 is 44.6 Å². The van der Waals surface area contributed by atoms with Gasteiger partial charge in [0.2, 0.25) is 0 Å². The minimum Gasteiger partial charge on any atom is -0.508 e. The van der Waals surface area contributed by atoms with Gasteiger partial charge in [-0.15, -0.1) is 0 Å². The molecule has 13 N–H and O–H groups in total. The van der Waals surface area contributed by atoms with E-state index >= 15 is 0 Å². The maximum absolute atomic E-state index is 10.6. The maximum atomic E-state index is 10.6. The molecule has 3 aromatic heterocycles. The molecule has 6 rings (SSSR count). The lowest BCUT2D eigenvalue weighted by atomic mass is 10.1. The van der Waals surface area contributed by atoms with E-state index in [0.29, 0.717) is 18.7 Å². The first-order valence-corrected chi connectivity index (χ1v) is 13.9. The van der Waals surface area contributed by atoms with Crippen molar-refractivity contribution in [3.05, 3.63) is 95.9 Å². The van der Waals surface area contributed by atoms with Gasteiger partial charge in [-0.2, -0.15) is 0 Å². The van der Waals surface area contributed by atoms with Gasteiger partial charge in [0, 0.05) is 64.1 Å². The van der Waals surface area contributed by atoms with Crippen LogP contribution >= 0.6 is 0 Å². The Hall–Kier alpha value is -5.30. The minimum absolute atomic E-state index is 0.150. The van der Waals surface area contributed by atoms with E-state index in [1.165, 1.54) is 0 Å². The predicted octanol–water partition coefficient (Wildman–Crippen LogP) is 3.32. The summed E-state index contributed by atoms with van der Waals surface area (Å²) in [6.07, 6.45) is 6.89. The molecule has 44 heavy (non-hydrogen) atoms. The van der Waals surface area contributed by atoms with Crippen LogP contribution in [0.5, 0.6) is 11.5 Å². The molecule has 0 bridgehead atoms. The average Bonchev–Trinajstić information content (AvgIpc) is 3.71. The number of rotatable bonds is 8. The highest BCUT2D eigenvalue weighted by Gasteiger charge is 2.15. The summed E-state index contributed by atoms with van der Waals surface area (Å²) in [7, 11) is 0. The average molecular weight is 601 g/mol. The summed E-state index contributed by atoms with van der Waals surface area (Å²) in [5.41, 5.74) is 22.2. The number of benzene rings is 3. The number of carboxylic acid groups (broad SMARTS) is 2. The Bertz CT molecular complexity index is 1870. The van der Waals surface area contributed by atoms with Crippen LogP contribution in [0, 0.1) is 0 Å². The maximum Gasteiger partial charge on any atom is 0.320 e. The van der Waals surface area contributed by atoms with Gasteiger partial charge in [0.25, 0.3) is 0 Å². The number of para-hydroxylation sites is 1. The third-order valence-electron chi connectivity index (χ3n) is 7.10. The zero-order valence-electron chi connectivity index (χ0n) is 23.8. The first kappa shape index (κ1) is 31.6. The number of carboxylic acids is 2. The fourth-order valence-electron chi connectivity index (χ4n) is 4.81. The van der Waals surface area contributed by atoms with Crippen LogP contribution in [0.15, 0.2) is 79.3 Å². The number of nitrogens with one attached hydrogen (secondary N) is 3. The fraction of sp³-hybridized carbons (Fsp3) is 0.188. The van der Waals surface area contributed by atoms with Crippen LogP contribution in [0.3, 0.4) is 0 Å². The zero-order valence-corrected chi connectivity index (χ0v) is 23.8. The van der Waals surface area contributed by atoms with Gasteiger partial charge < -0.3 is 52.6 Å². The highest BCUT2D eigenvalue weighted by atomic mass is 16.4. The molecular formula is C32H36N6O6. The van der Waals surface area contributed by atoms with Crippen molar-refractivity contribution in [1.29, 1.82) is 0 Å². The van der Waals surface area contributed by atoms with E-state index < -0.39 is 24.0 Å². The van der Waals surface area contributed by atoms with Gasteiger partial charge in [0.1, 0.15) is 23.6 Å². The Morgan fingerprint density at radius 3 is 1.57 bits per heavy atom. The molecule has 2 atom stereocenters. The van der Waals surface area contributed by atoms with E-state index in [9.17, 15) is 19.8 Å². The van der Waals surface area contributed by atoms with Gasteiger partial charge in [-0.25, -0.2) is 0 Å². The second kappa shape index (κ2) is 14.2. The number of fused-ring (bicyclic) bond motifs is 3. The summed E-state index contributed by atoms with van der Waals surface area (Å²) >= 11 is 0. The van der Waals surface area contributed by atoms with Gasteiger partial charge in [0.05, 0.1) is 0 Å². The van der Waals surface area contributed by atoms with E-state index in [4.69, 9.17) is 27.4 Å². The van der Waals surface area contributed by atoms with Crippen LogP contribution in [-0.4, -0.2) is 65.9 Å². The number of aromatic nitrogens is 3. The van der Waals surface area contributed by atoms with Crippen LogP contribution in [0.25, 0.3) is 32.7 Å². The number of nitrogens with two attached hydrogens (primary N) is 3. The molecule has 0 aliphatic carbocycles. The highest BCUT2D eigenvalue weighted by Crippen LogP contribution is 2.24. The summed E-state index contributed by atoms with van der Waals surface area (Å²) in [6.45, 7) is 0.628. The van der Waals surface area contributed by atoms with E-state index in [0.717, 1.165) is 55.8 Å². The second-order valence-corrected chi connectivity index (χ2v) is 10.3. The molecule has 3 aromatic carbocycles. The molecule has 3 heterocycles. The smallest absolute Gasteiger partial charge is 0.320 e. The van der Waals surface area contributed by atoms with Crippen molar-refractivity contribution in [1.82, 2.24) is 15.0 Å². The summed E-state index contributed by atoms with van der Waals surface area (Å²) in [6, 6.07) is 16.2. The molecule has 2 unspecified atom stereocenters. The largest absolute Gasteiger partial charge is 0.508 e. The number of carbonyl (C=O) groups is 2. The third-order valence-corrected chi connectivity index (χ3v) is 7.10. The fourth-order valence-corrected chi connectivity index (χ4v) is 4.81. The molecule has 0 aliphatic rings. The van der Waals surface area contributed by atoms with Crippen molar-refractivity contribution < 1.29 is 30.0 Å². The molecule has 0 saturated carbocycles. The lowest BCUT2D eigenvalue weighted by Gasteiger charge is -2.04. The highest BCUT2D eigenvalue weighted by molar-refractivity contribution is 5.86. The summed E-state index contributed by atoms with van der Waals surface area (Å²) in [5, 5.41) is 39.0. The number of H-pyrrole nitrogens is 3. The van der Waals surface area contributed by atoms with E-state index in [1.54, 1.807) is 36.5 Å². The van der Waals surface area contributed by atoms with Gasteiger partial charge in [-0.05, 0) is 72.1 Å². The summed E-state index contributed by atoms with van der Waals surface area (Å²) in [5.74, 6) is -1.56. The molecule has 12 heteroatoms. The molecule has 0 aliphatic heterocycles. The Morgan fingerprint density at radius 2 is 1.07 bits per heavy atom. The van der Waals surface area contributed by atoms with Crippen LogP contribution in [0.2, 0.25) is 0 Å². The monoisotopic (exact) mass is 600 g/mol. The number of aliphatic carboxylic acids is 2. The molecule has 230 valence electrons. The molecular weight excluding hydrogens is 564 g/mol. The van der Waals surface area contributed by atoms with Crippen molar-refractivity contribution in [2.45, 2.75) is 31.3 Å². The van der Waals surface area contributed by atoms with Crippen molar-refractivity contribution in [3.63, 3.8) is 0 Å². The van der Waals surface area contributed by atoms with E-state index in [2.05, 4.69) is 15.0 Å². The van der Waals surface area contributed by atoms with Crippen molar-refractivity contribution in [3.8, 4) is 11.5 Å². The van der Waals surface area contributed by atoms with Crippen LogP contribution in [0.1, 0.15) is 16.7 Å². The quantitative estimate of drug-likeness (QED) is 0.123. The van der Waals surface area contributed by atoms with Crippen molar-refractivity contribution in [2.75, 3.05) is 6.54 Å². The predicted molar refractivity (Wildman–Crippen MR) is 170 cm³/mol. The Labute approximate surface area is 252 Å². The third kappa shape index (κ3) is 7.75. The number of aromatic amines is 3. The minimum atomic E-state index is -1.03. The van der Waals surface area contributed by atoms with Gasteiger partial charge in [-0.3, -0.25) is 9.59 Å². The summed E-state index contributed by atoms with van der Waals surface area (Å²) in [4.78, 5) is 30.5.